The monoisotopic (exact) mass is 644 g/mol. The quantitative estimate of drug-likeness (QED) is 0.236. The van der Waals surface area contributed by atoms with Crippen LogP contribution in [-0.4, -0.2) is 69.4 Å². The van der Waals surface area contributed by atoms with Gasteiger partial charge >= 0.3 is 6.18 Å². The highest BCUT2D eigenvalue weighted by Crippen LogP contribution is 2.34. The van der Waals surface area contributed by atoms with Crippen molar-refractivity contribution in [1.29, 1.82) is 0 Å². The zero-order valence-electron chi connectivity index (χ0n) is 25.1. The van der Waals surface area contributed by atoms with Crippen molar-refractivity contribution < 1.29 is 31.1 Å². The van der Waals surface area contributed by atoms with E-state index < -0.39 is 21.8 Å². The molecule has 2 saturated heterocycles. The number of carbonyl (C=O) groups excluding carboxylic acids is 1. The van der Waals surface area contributed by atoms with Gasteiger partial charge < -0.3 is 19.9 Å². The number of halogens is 3. The van der Waals surface area contributed by atoms with Crippen molar-refractivity contribution in [2.75, 3.05) is 44.0 Å². The second kappa shape index (κ2) is 14.7. The second-order valence-electron chi connectivity index (χ2n) is 11.5. The van der Waals surface area contributed by atoms with E-state index in [0.29, 0.717) is 18.2 Å². The molecule has 2 aliphatic heterocycles. The maximum Gasteiger partial charge on any atom is 0.416 e. The van der Waals surface area contributed by atoms with Gasteiger partial charge in [-0.1, -0.05) is 18.6 Å². The predicted octanol–water partition coefficient (Wildman–Crippen LogP) is 6.37. The Hall–Kier alpha value is -3.61. The number of hydrogen-bond donors (Lipinski definition) is 2. The van der Waals surface area contributed by atoms with E-state index in [4.69, 9.17) is 4.74 Å². The van der Waals surface area contributed by atoms with Crippen molar-refractivity contribution in [3.05, 3.63) is 83.9 Å². The van der Waals surface area contributed by atoms with Gasteiger partial charge in [-0.25, -0.2) is 8.42 Å². The molecule has 1 amide bonds. The highest BCUT2D eigenvalue weighted by atomic mass is 32.2. The fourth-order valence-electron chi connectivity index (χ4n) is 5.87. The van der Waals surface area contributed by atoms with Crippen LogP contribution in [0.15, 0.2) is 77.7 Å². The third-order valence-electron chi connectivity index (χ3n) is 8.37. The molecule has 242 valence electrons. The number of piperidine rings is 2. The summed E-state index contributed by atoms with van der Waals surface area (Å²) < 4.78 is 73.0. The number of hydrogen-bond acceptors (Lipinski definition) is 6. The SMILES string of the molecule is O=C(NCCCN1CCC(N2CCCCC2)CC1)c1ccc(S(=O)(=O)Nc2ccccc2Oc2ccc(C(F)(F)F)cc2)cc1. The van der Waals surface area contributed by atoms with Crippen molar-refractivity contribution in [3.63, 3.8) is 0 Å². The Balaban J connectivity index is 1.09. The molecule has 0 radical (unpaired) electrons. The van der Waals surface area contributed by atoms with Crippen LogP contribution < -0.4 is 14.8 Å². The molecule has 12 heteroatoms. The van der Waals surface area contributed by atoms with Gasteiger partial charge in [-0.05, 0) is 125 Å². The molecule has 0 aliphatic carbocycles. The number of amides is 1. The van der Waals surface area contributed by atoms with Gasteiger partial charge in [-0.15, -0.1) is 0 Å². The fraction of sp³-hybridized carbons (Fsp3) is 0.424. The van der Waals surface area contributed by atoms with Crippen molar-refractivity contribution in [2.45, 2.75) is 55.6 Å². The number of nitrogens with zero attached hydrogens (tertiary/aromatic N) is 2. The lowest BCUT2D eigenvalue weighted by Gasteiger charge is -2.40. The zero-order valence-corrected chi connectivity index (χ0v) is 25.9. The average molecular weight is 645 g/mol. The molecule has 3 aromatic carbocycles. The number of para-hydroxylation sites is 2. The van der Waals surface area contributed by atoms with Gasteiger partial charge in [0.15, 0.2) is 5.75 Å². The van der Waals surface area contributed by atoms with E-state index in [9.17, 15) is 26.4 Å². The molecule has 8 nitrogen and oxygen atoms in total. The molecule has 2 heterocycles. The molecule has 5 rings (SSSR count). The summed E-state index contributed by atoms with van der Waals surface area (Å²) in [7, 11) is -4.06. The number of rotatable bonds is 11. The Labute approximate surface area is 262 Å². The van der Waals surface area contributed by atoms with E-state index in [2.05, 4.69) is 19.8 Å². The first-order valence-corrected chi connectivity index (χ1v) is 16.9. The molecule has 0 spiro atoms. The number of benzene rings is 3. The van der Waals surface area contributed by atoms with Gasteiger partial charge in [0.2, 0.25) is 0 Å². The number of carbonyl (C=O) groups is 1. The molecular weight excluding hydrogens is 605 g/mol. The summed E-state index contributed by atoms with van der Waals surface area (Å²) >= 11 is 0. The Morgan fingerprint density at radius 1 is 0.867 bits per heavy atom. The normalized spacial score (nSPS) is 17.1. The van der Waals surface area contributed by atoms with Gasteiger partial charge in [-0.3, -0.25) is 9.52 Å². The molecule has 3 aromatic rings. The van der Waals surface area contributed by atoms with Crippen LogP contribution in [0.25, 0.3) is 0 Å². The lowest BCUT2D eigenvalue weighted by Crippen LogP contribution is -2.47. The van der Waals surface area contributed by atoms with E-state index in [0.717, 1.165) is 50.3 Å². The Kier molecular flexibility index (Phi) is 10.7. The summed E-state index contributed by atoms with van der Waals surface area (Å²) in [6, 6.07) is 16.6. The minimum atomic E-state index is -4.48. The summed E-state index contributed by atoms with van der Waals surface area (Å²) in [5, 5.41) is 2.92. The summed E-state index contributed by atoms with van der Waals surface area (Å²) in [5.41, 5.74) is -0.364. The molecule has 45 heavy (non-hydrogen) atoms. The van der Waals surface area contributed by atoms with E-state index in [1.165, 1.54) is 81.6 Å². The average Bonchev–Trinajstić information content (AvgIpc) is 3.04. The van der Waals surface area contributed by atoms with Gasteiger partial charge in [0.05, 0.1) is 16.1 Å². The number of anilines is 1. The lowest BCUT2D eigenvalue weighted by atomic mass is 10.00. The highest BCUT2D eigenvalue weighted by molar-refractivity contribution is 7.92. The standard InChI is InChI=1S/C33H39F3N4O4S/c34-33(35,36)26-11-13-28(14-12-26)44-31-8-3-2-7-30(31)38-45(42,43)29-15-9-25(10-16-29)32(41)37-19-6-20-39-23-17-27(18-24-39)40-21-4-1-5-22-40/h2-3,7-16,27,38H,1,4-6,17-24H2,(H,37,41). The summed E-state index contributed by atoms with van der Waals surface area (Å²) in [4.78, 5) is 17.8. The van der Waals surface area contributed by atoms with Crippen molar-refractivity contribution in [2.24, 2.45) is 0 Å². The Morgan fingerprint density at radius 3 is 2.20 bits per heavy atom. The predicted molar refractivity (Wildman–Crippen MR) is 167 cm³/mol. The zero-order chi connectivity index (χ0) is 31.9. The van der Waals surface area contributed by atoms with Crippen LogP contribution in [0, 0.1) is 0 Å². The van der Waals surface area contributed by atoms with E-state index >= 15 is 0 Å². The largest absolute Gasteiger partial charge is 0.455 e. The van der Waals surface area contributed by atoms with Crippen LogP contribution in [0.2, 0.25) is 0 Å². The van der Waals surface area contributed by atoms with Crippen LogP contribution in [0.4, 0.5) is 18.9 Å². The lowest BCUT2D eigenvalue weighted by molar-refractivity contribution is -0.137. The van der Waals surface area contributed by atoms with Crippen molar-refractivity contribution in [1.82, 2.24) is 15.1 Å². The third-order valence-corrected chi connectivity index (χ3v) is 9.75. The van der Waals surface area contributed by atoms with Gasteiger partial charge in [0.25, 0.3) is 15.9 Å². The first-order chi connectivity index (χ1) is 21.6. The van der Waals surface area contributed by atoms with E-state index in [1.54, 1.807) is 12.1 Å². The van der Waals surface area contributed by atoms with Crippen LogP contribution in [0.3, 0.4) is 0 Å². The summed E-state index contributed by atoms with van der Waals surface area (Å²) in [6.07, 6.45) is 2.75. The highest BCUT2D eigenvalue weighted by Gasteiger charge is 2.30. The van der Waals surface area contributed by atoms with Gasteiger partial charge in [0.1, 0.15) is 5.75 Å². The maximum atomic E-state index is 13.1. The smallest absolute Gasteiger partial charge is 0.416 e. The molecule has 0 bridgehead atoms. The number of sulfonamides is 1. The Morgan fingerprint density at radius 2 is 1.53 bits per heavy atom. The number of ether oxygens (including phenoxy) is 1. The molecule has 2 N–H and O–H groups in total. The molecule has 0 unspecified atom stereocenters. The summed E-state index contributed by atoms with van der Waals surface area (Å²) in [6.45, 7) is 6.10. The van der Waals surface area contributed by atoms with Crippen LogP contribution in [-0.2, 0) is 16.2 Å². The van der Waals surface area contributed by atoms with Crippen LogP contribution in [0.1, 0.15) is 54.4 Å². The second-order valence-corrected chi connectivity index (χ2v) is 13.2. The van der Waals surface area contributed by atoms with E-state index in [1.807, 2.05) is 0 Å². The molecular formula is C33H39F3N4O4S. The van der Waals surface area contributed by atoms with Gasteiger partial charge in [-0.2, -0.15) is 13.2 Å². The van der Waals surface area contributed by atoms with Crippen LogP contribution in [0.5, 0.6) is 11.5 Å². The third kappa shape index (κ3) is 8.99. The minimum Gasteiger partial charge on any atom is -0.455 e. The van der Waals surface area contributed by atoms with Gasteiger partial charge in [0, 0.05) is 18.2 Å². The minimum absolute atomic E-state index is 0.0589. The molecule has 0 atom stereocenters. The molecule has 0 saturated carbocycles. The first-order valence-electron chi connectivity index (χ1n) is 15.4. The van der Waals surface area contributed by atoms with Crippen molar-refractivity contribution >= 4 is 21.6 Å². The Bertz CT molecular complexity index is 1520. The van der Waals surface area contributed by atoms with Crippen molar-refractivity contribution in [3.8, 4) is 11.5 Å². The number of likely N-dealkylation sites (tertiary alicyclic amines) is 2. The topological polar surface area (TPSA) is 91.0 Å². The number of nitrogens with one attached hydrogen (secondary N) is 2. The molecule has 2 aliphatic rings. The maximum absolute atomic E-state index is 13.1. The summed E-state index contributed by atoms with van der Waals surface area (Å²) in [5.74, 6) is -0.0448. The fourth-order valence-corrected chi connectivity index (χ4v) is 6.94. The van der Waals surface area contributed by atoms with E-state index in [-0.39, 0.29) is 28.0 Å². The number of alkyl halides is 3. The first kappa shape index (κ1) is 32.8. The van der Waals surface area contributed by atoms with Crippen LogP contribution >= 0.6 is 0 Å². The molecule has 2 fully saturated rings. The molecule has 0 aromatic heterocycles.